The van der Waals surface area contributed by atoms with E-state index in [9.17, 15) is 13.2 Å². The number of hydrogen-bond donors (Lipinski definition) is 1. The Bertz CT molecular complexity index is 675. The Morgan fingerprint density at radius 2 is 2.00 bits per heavy atom. The molecule has 0 aliphatic carbocycles. The van der Waals surface area contributed by atoms with Gasteiger partial charge in [0.25, 0.3) is 0 Å². The molecule has 4 nitrogen and oxygen atoms in total. The molecule has 0 fully saturated rings. The maximum absolute atomic E-state index is 12.9. The first kappa shape index (κ1) is 13.9. The van der Waals surface area contributed by atoms with Crippen molar-refractivity contribution < 1.29 is 13.2 Å². The molecule has 112 valence electrons. The number of hydrogen-bond acceptors (Lipinski definition) is 3. The van der Waals surface area contributed by atoms with Crippen LogP contribution in [-0.4, -0.2) is 14.8 Å². The van der Waals surface area contributed by atoms with Crippen molar-refractivity contribution in [3.05, 3.63) is 29.6 Å². The fraction of sp³-hybridized carbons (Fsp3) is 0.429. The summed E-state index contributed by atoms with van der Waals surface area (Å²) in [5, 5.41) is 8.15. The molecule has 2 N–H and O–H groups in total. The molecular weight excluding hydrogens is 281 g/mol. The van der Waals surface area contributed by atoms with Crippen molar-refractivity contribution in [2.24, 2.45) is 5.92 Å². The third kappa shape index (κ3) is 2.59. The number of halogens is 3. The maximum Gasteiger partial charge on any atom is 0.416 e. The van der Waals surface area contributed by atoms with Crippen LogP contribution in [0, 0.1) is 5.92 Å². The first-order valence-corrected chi connectivity index (χ1v) is 6.75. The summed E-state index contributed by atoms with van der Waals surface area (Å²) in [5.74, 6) is 1.79. The monoisotopic (exact) mass is 296 g/mol. The highest BCUT2D eigenvalue weighted by Gasteiger charge is 2.32. The topological polar surface area (TPSA) is 56.7 Å². The predicted octanol–water partition coefficient (Wildman–Crippen LogP) is 3.13. The molecule has 0 radical (unpaired) electrons. The van der Waals surface area contributed by atoms with E-state index >= 15 is 0 Å². The first-order valence-electron chi connectivity index (χ1n) is 6.75. The molecule has 2 aromatic rings. The van der Waals surface area contributed by atoms with Crippen molar-refractivity contribution in [1.82, 2.24) is 14.8 Å². The van der Waals surface area contributed by atoms with Crippen molar-refractivity contribution in [2.75, 3.05) is 5.73 Å². The fourth-order valence-corrected chi connectivity index (χ4v) is 2.64. The van der Waals surface area contributed by atoms with Gasteiger partial charge in [-0.25, -0.2) is 0 Å². The lowest BCUT2D eigenvalue weighted by Gasteiger charge is -2.20. The standard InChI is InChI=1S/C14H15F3N4/c1-8-2-3-21-12(4-8)19-20-13(21)9-5-10(14(15,16)17)7-11(18)6-9/h5-8H,2-4,18H2,1H3. The number of aromatic nitrogens is 3. The Morgan fingerprint density at radius 3 is 2.71 bits per heavy atom. The van der Waals surface area contributed by atoms with E-state index in [1.807, 2.05) is 4.57 Å². The van der Waals surface area contributed by atoms with Gasteiger partial charge in [0.05, 0.1) is 5.56 Å². The van der Waals surface area contributed by atoms with Crippen molar-refractivity contribution in [3.63, 3.8) is 0 Å². The Balaban J connectivity index is 2.08. The van der Waals surface area contributed by atoms with E-state index in [1.54, 1.807) is 0 Å². The van der Waals surface area contributed by atoms with Gasteiger partial charge in [0, 0.05) is 24.2 Å². The van der Waals surface area contributed by atoms with E-state index in [2.05, 4.69) is 17.1 Å². The number of nitrogen functional groups attached to an aromatic ring is 1. The largest absolute Gasteiger partial charge is 0.416 e. The van der Waals surface area contributed by atoms with Crippen LogP contribution in [0.3, 0.4) is 0 Å². The van der Waals surface area contributed by atoms with Crippen LogP contribution in [-0.2, 0) is 19.1 Å². The summed E-state index contributed by atoms with van der Waals surface area (Å²) in [4.78, 5) is 0. The molecule has 1 aliphatic rings. The van der Waals surface area contributed by atoms with E-state index in [1.165, 1.54) is 6.07 Å². The Labute approximate surface area is 119 Å². The molecule has 1 unspecified atom stereocenters. The van der Waals surface area contributed by atoms with Gasteiger partial charge in [-0.3, -0.25) is 0 Å². The Kier molecular flexibility index (Phi) is 3.15. The van der Waals surface area contributed by atoms with Gasteiger partial charge in [-0.05, 0) is 30.5 Å². The summed E-state index contributed by atoms with van der Waals surface area (Å²) >= 11 is 0. The Hall–Kier alpha value is -2.05. The quantitative estimate of drug-likeness (QED) is 0.823. The molecule has 7 heteroatoms. The van der Waals surface area contributed by atoms with Gasteiger partial charge in [0.1, 0.15) is 5.82 Å². The number of alkyl halides is 3. The highest BCUT2D eigenvalue weighted by molar-refractivity contribution is 5.63. The average molecular weight is 296 g/mol. The van der Waals surface area contributed by atoms with Crippen LogP contribution in [0.2, 0.25) is 0 Å². The molecule has 3 rings (SSSR count). The number of anilines is 1. The zero-order chi connectivity index (χ0) is 15.2. The molecule has 1 aromatic carbocycles. The second-order valence-electron chi connectivity index (χ2n) is 5.53. The normalized spacial score (nSPS) is 18.6. The molecule has 0 bridgehead atoms. The maximum atomic E-state index is 12.9. The van der Waals surface area contributed by atoms with Crippen LogP contribution in [0.15, 0.2) is 18.2 Å². The highest BCUT2D eigenvalue weighted by Crippen LogP contribution is 2.34. The lowest BCUT2D eigenvalue weighted by atomic mass is 10.00. The minimum absolute atomic E-state index is 0.0707. The van der Waals surface area contributed by atoms with Gasteiger partial charge in [-0.15, -0.1) is 10.2 Å². The third-order valence-corrected chi connectivity index (χ3v) is 3.74. The molecule has 1 aliphatic heterocycles. The molecule has 2 heterocycles. The van der Waals surface area contributed by atoms with Crippen molar-refractivity contribution >= 4 is 5.69 Å². The van der Waals surface area contributed by atoms with E-state index < -0.39 is 11.7 Å². The summed E-state index contributed by atoms with van der Waals surface area (Å²) < 4.78 is 40.5. The number of rotatable bonds is 1. The van der Waals surface area contributed by atoms with Crippen LogP contribution in [0.25, 0.3) is 11.4 Å². The summed E-state index contributed by atoms with van der Waals surface area (Å²) in [6.07, 6.45) is -2.67. The Morgan fingerprint density at radius 1 is 1.24 bits per heavy atom. The van der Waals surface area contributed by atoms with Gasteiger partial charge < -0.3 is 10.3 Å². The van der Waals surface area contributed by atoms with Crippen LogP contribution in [0.4, 0.5) is 18.9 Å². The van der Waals surface area contributed by atoms with Crippen molar-refractivity contribution in [3.8, 4) is 11.4 Å². The number of fused-ring (bicyclic) bond motifs is 1. The first-order chi connectivity index (χ1) is 9.84. The second kappa shape index (κ2) is 4.75. The lowest BCUT2D eigenvalue weighted by molar-refractivity contribution is -0.137. The summed E-state index contributed by atoms with van der Waals surface area (Å²) in [6, 6.07) is 3.51. The molecule has 0 saturated heterocycles. The van der Waals surface area contributed by atoms with Crippen LogP contribution < -0.4 is 5.73 Å². The van der Waals surface area contributed by atoms with Crippen molar-refractivity contribution in [1.29, 1.82) is 0 Å². The van der Waals surface area contributed by atoms with Crippen LogP contribution in [0.5, 0.6) is 0 Å². The van der Waals surface area contributed by atoms with Crippen LogP contribution in [0.1, 0.15) is 24.7 Å². The molecule has 0 amide bonds. The smallest absolute Gasteiger partial charge is 0.399 e. The number of nitrogens with two attached hydrogens (primary N) is 1. The van der Waals surface area contributed by atoms with Gasteiger partial charge in [0.2, 0.25) is 0 Å². The van der Waals surface area contributed by atoms with E-state index in [4.69, 9.17) is 5.73 Å². The molecule has 1 aromatic heterocycles. The van der Waals surface area contributed by atoms with Gasteiger partial charge >= 0.3 is 6.18 Å². The molecule has 0 saturated carbocycles. The van der Waals surface area contributed by atoms with Gasteiger partial charge in [-0.1, -0.05) is 6.92 Å². The molecule has 0 spiro atoms. The highest BCUT2D eigenvalue weighted by atomic mass is 19.4. The molecule has 21 heavy (non-hydrogen) atoms. The number of benzene rings is 1. The average Bonchev–Trinajstić information content (AvgIpc) is 2.79. The van der Waals surface area contributed by atoms with E-state index in [-0.39, 0.29) is 5.69 Å². The van der Waals surface area contributed by atoms with Gasteiger partial charge in [0.15, 0.2) is 5.82 Å². The SMILES string of the molecule is CC1CCn2c(nnc2-c2cc(N)cc(C(F)(F)F)c2)C1. The lowest BCUT2D eigenvalue weighted by Crippen LogP contribution is -2.18. The third-order valence-electron chi connectivity index (χ3n) is 3.74. The summed E-state index contributed by atoms with van der Waals surface area (Å²) in [5.41, 5.74) is 5.27. The fourth-order valence-electron chi connectivity index (χ4n) is 2.64. The zero-order valence-corrected chi connectivity index (χ0v) is 11.5. The summed E-state index contributed by atoms with van der Waals surface area (Å²) in [7, 11) is 0. The minimum Gasteiger partial charge on any atom is -0.399 e. The van der Waals surface area contributed by atoms with Crippen molar-refractivity contribution in [2.45, 2.75) is 32.5 Å². The number of nitrogens with zero attached hydrogens (tertiary/aromatic N) is 3. The summed E-state index contributed by atoms with van der Waals surface area (Å²) in [6.45, 7) is 2.84. The molecular formula is C14H15F3N4. The molecule has 1 atom stereocenters. The minimum atomic E-state index is -4.43. The van der Waals surface area contributed by atoms with Gasteiger partial charge in [-0.2, -0.15) is 13.2 Å². The zero-order valence-electron chi connectivity index (χ0n) is 11.5. The van der Waals surface area contributed by atoms with Crippen LogP contribution >= 0.6 is 0 Å². The van der Waals surface area contributed by atoms with E-state index in [0.717, 1.165) is 37.3 Å². The predicted molar refractivity (Wildman–Crippen MR) is 72.4 cm³/mol. The van der Waals surface area contributed by atoms with E-state index in [0.29, 0.717) is 17.3 Å². The second-order valence-corrected chi connectivity index (χ2v) is 5.53.